The molecule has 3 heterocycles. The van der Waals surface area contributed by atoms with Gasteiger partial charge in [-0.2, -0.15) is 0 Å². The highest BCUT2D eigenvalue weighted by Crippen LogP contribution is 2.42. The summed E-state index contributed by atoms with van der Waals surface area (Å²) in [6.07, 6.45) is 3.75. The van der Waals surface area contributed by atoms with E-state index in [1.165, 1.54) is 0 Å². The number of rotatable bonds is 1. The zero-order valence-electron chi connectivity index (χ0n) is 10.8. The lowest BCUT2D eigenvalue weighted by Crippen LogP contribution is -2.03. The minimum atomic E-state index is -0.997. The minimum absolute atomic E-state index is 0.624. The summed E-state index contributed by atoms with van der Waals surface area (Å²) in [6.45, 7) is 0.745. The Balaban J connectivity index is 2.09. The first-order valence-electron chi connectivity index (χ1n) is 6.28. The van der Waals surface area contributed by atoms with Crippen LogP contribution in [0.5, 0.6) is 5.75 Å². The van der Waals surface area contributed by atoms with Crippen molar-refractivity contribution in [3.8, 4) is 16.5 Å². The van der Waals surface area contributed by atoms with Crippen LogP contribution in [-0.4, -0.2) is 26.6 Å². The third-order valence-electron chi connectivity index (χ3n) is 3.51. The van der Waals surface area contributed by atoms with Crippen LogP contribution >= 0.6 is 11.3 Å². The van der Waals surface area contributed by atoms with Gasteiger partial charge < -0.3 is 9.30 Å². The Bertz CT molecular complexity index is 835. The van der Waals surface area contributed by atoms with E-state index in [1.807, 2.05) is 24.4 Å². The van der Waals surface area contributed by atoms with Crippen molar-refractivity contribution in [2.45, 2.75) is 11.4 Å². The van der Waals surface area contributed by atoms with Gasteiger partial charge in [-0.3, -0.25) is 4.21 Å². The number of nitrogens with zero attached hydrogens (tertiary/aromatic N) is 2. The monoisotopic (exact) mass is 304 g/mol. The SMILES string of the molecule is COc1ccc2sc3c(c2c1)S(=O)CCn1ccnc1-3. The standard InChI is InChI=1S/C14H12N2O2S2/c1-18-9-2-3-11-10(8-9)13-12(19-11)14-15-4-5-16(14)6-7-20(13)17/h2-5,8H,6-7H2,1H3. The van der Waals surface area contributed by atoms with E-state index < -0.39 is 10.8 Å². The Morgan fingerprint density at radius 3 is 3.20 bits per heavy atom. The summed E-state index contributed by atoms with van der Waals surface area (Å²) in [6, 6.07) is 5.94. The third-order valence-corrected chi connectivity index (χ3v) is 6.24. The largest absolute Gasteiger partial charge is 0.497 e. The quantitative estimate of drug-likeness (QED) is 0.694. The molecule has 1 aliphatic heterocycles. The van der Waals surface area contributed by atoms with Gasteiger partial charge in [0.25, 0.3) is 0 Å². The predicted octanol–water partition coefficient (Wildman–Crippen LogP) is 2.89. The lowest BCUT2D eigenvalue weighted by molar-refractivity contribution is 0.415. The van der Waals surface area contributed by atoms with Gasteiger partial charge >= 0.3 is 0 Å². The van der Waals surface area contributed by atoms with Gasteiger partial charge in [0.05, 0.1) is 27.7 Å². The highest BCUT2D eigenvalue weighted by atomic mass is 32.2. The molecule has 0 spiro atoms. The smallest absolute Gasteiger partial charge is 0.151 e. The molecular formula is C14H12N2O2S2. The number of benzene rings is 1. The van der Waals surface area contributed by atoms with E-state index in [0.29, 0.717) is 5.75 Å². The fourth-order valence-corrected chi connectivity index (χ4v) is 5.37. The molecule has 3 aromatic rings. The van der Waals surface area contributed by atoms with E-state index in [-0.39, 0.29) is 0 Å². The first-order valence-corrected chi connectivity index (χ1v) is 8.42. The van der Waals surface area contributed by atoms with E-state index >= 15 is 0 Å². The molecule has 1 aliphatic rings. The number of methoxy groups -OCH3 is 1. The Labute approximate surface area is 122 Å². The van der Waals surface area contributed by atoms with Crippen LogP contribution in [-0.2, 0) is 17.3 Å². The van der Waals surface area contributed by atoms with Gasteiger partial charge in [0.15, 0.2) is 5.82 Å². The third kappa shape index (κ3) is 1.65. The van der Waals surface area contributed by atoms with Crippen LogP contribution in [0.25, 0.3) is 20.8 Å². The second-order valence-corrected chi connectivity index (χ2v) is 7.18. The van der Waals surface area contributed by atoms with Crippen LogP contribution in [0.15, 0.2) is 35.5 Å². The number of fused-ring (bicyclic) bond motifs is 5. The van der Waals surface area contributed by atoms with Gasteiger partial charge in [0.2, 0.25) is 0 Å². The zero-order valence-corrected chi connectivity index (χ0v) is 12.5. The molecule has 0 saturated carbocycles. The molecule has 0 N–H and O–H groups in total. The maximum Gasteiger partial charge on any atom is 0.151 e. The first-order chi connectivity index (χ1) is 9.78. The van der Waals surface area contributed by atoms with E-state index in [2.05, 4.69) is 9.55 Å². The number of imidazole rings is 1. The molecule has 2 aromatic heterocycles. The minimum Gasteiger partial charge on any atom is -0.497 e. The molecule has 0 fully saturated rings. The van der Waals surface area contributed by atoms with E-state index in [1.54, 1.807) is 24.6 Å². The summed E-state index contributed by atoms with van der Waals surface area (Å²) in [5, 5.41) is 1.03. The lowest BCUT2D eigenvalue weighted by atomic mass is 10.2. The molecule has 4 nitrogen and oxygen atoms in total. The Hall–Kier alpha value is -1.66. The molecule has 0 aliphatic carbocycles. The Morgan fingerprint density at radius 2 is 2.35 bits per heavy atom. The van der Waals surface area contributed by atoms with E-state index in [0.717, 1.165) is 38.0 Å². The van der Waals surface area contributed by atoms with Gasteiger partial charge in [-0.1, -0.05) is 0 Å². The molecule has 1 unspecified atom stereocenters. The molecular weight excluding hydrogens is 292 g/mol. The number of aromatic nitrogens is 2. The maximum atomic E-state index is 12.6. The van der Waals surface area contributed by atoms with Crippen molar-refractivity contribution in [3.63, 3.8) is 0 Å². The van der Waals surface area contributed by atoms with E-state index in [9.17, 15) is 4.21 Å². The van der Waals surface area contributed by atoms with Crippen molar-refractivity contribution >= 4 is 32.2 Å². The molecule has 1 aromatic carbocycles. The fourth-order valence-electron chi connectivity index (χ4n) is 2.54. The number of hydrogen-bond donors (Lipinski definition) is 0. The Morgan fingerprint density at radius 1 is 1.45 bits per heavy atom. The summed E-state index contributed by atoms with van der Waals surface area (Å²) in [5.74, 6) is 2.34. The second kappa shape index (κ2) is 4.43. The Kier molecular flexibility index (Phi) is 2.68. The fraction of sp³-hybridized carbons (Fsp3) is 0.214. The summed E-state index contributed by atoms with van der Waals surface area (Å²) < 4.78 is 21.1. The molecule has 0 saturated heterocycles. The van der Waals surface area contributed by atoms with Crippen molar-refractivity contribution in [1.82, 2.24) is 9.55 Å². The zero-order chi connectivity index (χ0) is 13.7. The van der Waals surface area contributed by atoms with Crippen molar-refractivity contribution in [3.05, 3.63) is 30.6 Å². The first kappa shape index (κ1) is 12.1. The van der Waals surface area contributed by atoms with Crippen LogP contribution < -0.4 is 4.74 Å². The number of thiophene rings is 1. The molecule has 102 valence electrons. The maximum absolute atomic E-state index is 12.6. The predicted molar refractivity (Wildman–Crippen MR) is 80.9 cm³/mol. The van der Waals surface area contributed by atoms with Crippen molar-refractivity contribution in [2.75, 3.05) is 12.9 Å². The molecule has 20 heavy (non-hydrogen) atoms. The molecule has 6 heteroatoms. The molecule has 0 amide bonds. The normalized spacial score (nSPS) is 17.6. The summed E-state index contributed by atoms with van der Waals surface area (Å²) in [5.41, 5.74) is 0. The second-order valence-electron chi connectivity index (χ2n) is 4.62. The van der Waals surface area contributed by atoms with E-state index in [4.69, 9.17) is 4.74 Å². The lowest BCUT2D eigenvalue weighted by Gasteiger charge is -2.01. The number of ether oxygens (including phenoxy) is 1. The van der Waals surface area contributed by atoms with Gasteiger partial charge in [0, 0.05) is 34.8 Å². The van der Waals surface area contributed by atoms with Gasteiger partial charge in [-0.05, 0) is 18.2 Å². The average molecular weight is 304 g/mol. The van der Waals surface area contributed by atoms with Crippen molar-refractivity contribution < 1.29 is 8.95 Å². The highest BCUT2D eigenvalue weighted by molar-refractivity contribution is 7.85. The molecule has 4 rings (SSSR count). The topological polar surface area (TPSA) is 44.1 Å². The number of hydrogen-bond acceptors (Lipinski definition) is 4. The van der Waals surface area contributed by atoms with Gasteiger partial charge in [0.1, 0.15) is 5.75 Å². The highest BCUT2D eigenvalue weighted by Gasteiger charge is 2.25. The van der Waals surface area contributed by atoms with Crippen molar-refractivity contribution in [1.29, 1.82) is 0 Å². The summed E-state index contributed by atoms with van der Waals surface area (Å²) in [7, 11) is 0.652. The molecule has 1 atom stereocenters. The van der Waals surface area contributed by atoms with Crippen LogP contribution in [0.4, 0.5) is 0 Å². The van der Waals surface area contributed by atoms with Gasteiger partial charge in [-0.25, -0.2) is 4.98 Å². The van der Waals surface area contributed by atoms with Crippen LogP contribution in [0.3, 0.4) is 0 Å². The van der Waals surface area contributed by atoms with Gasteiger partial charge in [-0.15, -0.1) is 11.3 Å². The number of aryl methyl sites for hydroxylation is 1. The van der Waals surface area contributed by atoms with Crippen LogP contribution in [0.1, 0.15) is 0 Å². The average Bonchev–Trinajstić information content (AvgIpc) is 3.04. The van der Waals surface area contributed by atoms with Crippen molar-refractivity contribution in [2.24, 2.45) is 0 Å². The van der Waals surface area contributed by atoms with Crippen LogP contribution in [0, 0.1) is 0 Å². The summed E-state index contributed by atoms with van der Waals surface area (Å²) >= 11 is 1.65. The molecule has 0 bridgehead atoms. The van der Waals surface area contributed by atoms with Crippen LogP contribution in [0.2, 0.25) is 0 Å². The summed E-state index contributed by atoms with van der Waals surface area (Å²) in [4.78, 5) is 6.37. The molecule has 0 radical (unpaired) electrons.